The number of nitrogens with two attached hydrogens (primary N) is 1. The van der Waals surface area contributed by atoms with Crippen molar-refractivity contribution in [1.29, 1.82) is 0 Å². The van der Waals surface area contributed by atoms with Crippen LogP contribution in [0, 0.1) is 6.92 Å². The predicted molar refractivity (Wildman–Crippen MR) is 87.8 cm³/mol. The van der Waals surface area contributed by atoms with Crippen LogP contribution in [0.15, 0.2) is 53.4 Å². The molecule has 0 bridgehead atoms. The molecule has 2 aromatic rings. The standard InChI is InChI=1S/C18H21NOS/c1-12-7-9-14(10-8-12)21(20)17-11-13(2)15-5-3-4-6-16(15)18(17)19/h3-10,13,17-18H,11,19H2,1-2H3. The molecule has 0 aromatic heterocycles. The summed E-state index contributed by atoms with van der Waals surface area (Å²) >= 11 is 0. The van der Waals surface area contributed by atoms with Gasteiger partial charge in [-0.3, -0.25) is 4.21 Å². The Morgan fingerprint density at radius 3 is 2.33 bits per heavy atom. The molecule has 3 rings (SSSR count). The summed E-state index contributed by atoms with van der Waals surface area (Å²) in [6.45, 7) is 4.24. The lowest BCUT2D eigenvalue weighted by molar-refractivity contribution is 0.513. The molecule has 4 atom stereocenters. The zero-order valence-electron chi connectivity index (χ0n) is 12.5. The minimum absolute atomic E-state index is 0.0161. The molecule has 4 unspecified atom stereocenters. The first kappa shape index (κ1) is 14.5. The monoisotopic (exact) mass is 299 g/mol. The fourth-order valence-corrected chi connectivity index (χ4v) is 4.78. The number of fused-ring (bicyclic) bond motifs is 1. The average Bonchev–Trinajstić information content (AvgIpc) is 2.51. The maximum atomic E-state index is 12.9. The molecule has 110 valence electrons. The Morgan fingerprint density at radius 2 is 1.67 bits per heavy atom. The van der Waals surface area contributed by atoms with Crippen molar-refractivity contribution in [3.05, 3.63) is 65.2 Å². The van der Waals surface area contributed by atoms with Crippen LogP contribution in [0.3, 0.4) is 0 Å². The highest BCUT2D eigenvalue weighted by Crippen LogP contribution is 2.39. The minimum Gasteiger partial charge on any atom is -0.323 e. The van der Waals surface area contributed by atoms with E-state index in [0.29, 0.717) is 5.92 Å². The lowest BCUT2D eigenvalue weighted by Gasteiger charge is -2.34. The van der Waals surface area contributed by atoms with Gasteiger partial charge in [0.05, 0.1) is 16.0 Å². The van der Waals surface area contributed by atoms with Crippen molar-refractivity contribution in [1.82, 2.24) is 0 Å². The smallest absolute Gasteiger partial charge is 0.0593 e. The Hall–Kier alpha value is -1.45. The first-order chi connectivity index (χ1) is 10.1. The Bertz CT molecular complexity index is 665. The first-order valence-corrected chi connectivity index (χ1v) is 8.61. The Kier molecular flexibility index (Phi) is 3.96. The third-order valence-electron chi connectivity index (χ3n) is 4.40. The molecule has 21 heavy (non-hydrogen) atoms. The van der Waals surface area contributed by atoms with Gasteiger partial charge >= 0.3 is 0 Å². The first-order valence-electron chi connectivity index (χ1n) is 7.39. The van der Waals surface area contributed by atoms with Crippen LogP contribution in [0.5, 0.6) is 0 Å². The van der Waals surface area contributed by atoms with Crippen molar-refractivity contribution in [3.8, 4) is 0 Å². The molecule has 0 radical (unpaired) electrons. The Balaban J connectivity index is 1.93. The second-order valence-corrected chi connectivity index (χ2v) is 7.61. The molecule has 3 heteroatoms. The van der Waals surface area contributed by atoms with E-state index in [2.05, 4.69) is 25.1 Å². The number of benzene rings is 2. The van der Waals surface area contributed by atoms with Crippen molar-refractivity contribution >= 4 is 10.8 Å². The summed E-state index contributed by atoms with van der Waals surface area (Å²) in [5.74, 6) is 0.403. The van der Waals surface area contributed by atoms with Crippen molar-refractivity contribution in [2.75, 3.05) is 0 Å². The van der Waals surface area contributed by atoms with E-state index in [1.807, 2.05) is 37.3 Å². The highest BCUT2D eigenvalue weighted by atomic mass is 32.2. The molecule has 0 saturated carbocycles. The molecular formula is C18H21NOS. The quantitative estimate of drug-likeness (QED) is 0.919. The average molecular weight is 299 g/mol. The minimum atomic E-state index is -1.06. The summed E-state index contributed by atoms with van der Waals surface area (Å²) < 4.78 is 12.9. The van der Waals surface area contributed by atoms with E-state index in [1.165, 1.54) is 11.1 Å². The van der Waals surface area contributed by atoms with Crippen LogP contribution in [0.4, 0.5) is 0 Å². The van der Waals surface area contributed by atoms with Crippen LogP contribution < -0.4 is 5.73 Å². The van der Waals surface area contributed by atoms with Gasteiger partial charge in [-0.25, -0.2) is 0 Å². The van der Waals surface area contributed by atoms with Crippen LogP contribution in [0.2, 0.25) is 0 Å². The van der Waals surface area contributed by atoms with E-state index in [-0.39, 0.29) is 11.3 Å². The fraction of sp³-hybridized carbons (Fsp3) is 0.333. The van der Waals surface area contributed by atoms with E-state index in [1.54, 1.807) is 0 Å². The number of hydrogen-bond donors (Lipinski definition) is 1. The number of hydrogen-bond acceptors (Lipinski definition) is 2. The third-order valence-corrected chi connectivity index (χ3v) is 6.17. The van der Waals surface area contributed by atoms with Gasteiger partial charge in [-0.1, -0.05) is 48.9 Å². The summed E-state index contributed by atoms with van der Waals surface area (Å²) in [5, 5.41) is -0.0161. The van der Waals surface area contributed by atoms with Crippen molar-refractivity contribution in [2.24, 2.45) is 5.73 Å². The van der Waals surface area contributed by atoms with E-state index in [4.69, 9.17) is 5.73 Å². The molecule has 2 nitrogen and oxygen atoms in total. The third kappa shape index (κ3) is 2.68. The largest absolute Gasteiger partial charge is 0.323 e. The van der Waals surface area contributed by atoms with Gasteiger partial charge < -0.3 is 5.73 Å². The Labute approximate surface area is 128 Å². The predicted octanol–water partition coefficient (Wildman–Crippen LogP) is 3.68. The fourth-order valence-electron chi connectivity index (χ4n) is 3.15. The molecule has 0 fully saturated rings. The topological polar surface area (TPSA) is 43.1 Å². The molecule has 1 aliphatic rings. The molecular weight excluding hydrogens is 278 g/mol. The summed E-state index contributed by atoms with van der Waals surface area (Å²) in [6, 6.07) is 16.1. The number of aryl methyl sites for hydroxylation is 1. The van der Waals surface area contributed by atoms with Gasteiger partial charge in [0.1, 0.15) is 0 Å². The van der Waals surface area contributed by atoms with E-state index in [9.17, 15) is 4.21 Å². The highest BCUT2D eigenvalue weighted by Gasteiger charge is 2.34. The maximum Gasteiger partial charge on any atom is 0.0593 e. The summed E-state index contributed by atoms with van der Waals surface area (Å²) in [7, 11) is -1.06. The summed E-state index contributed by atoms with van der Waals surface area (Å²) in [6.07, 6.45) is 0.874. The SMILES string of the molecule is Cc1ccc(S(=O)C2CC(C)c3ccccc3C2N)cc1. The molecule has 1 aliphatic carbocycles. The normalized spacial score (nSPS) is 26.1. The van der Waals surface area contributed by atoms with Gasteiger partial charge in [-0.05, 0) is 42.5 Å². The van der Waals surface area contributed by atoms with E-state index >= 15 is 0 Å². The zero-order chi connectivity index (χ0) is 15.0. The molecule has 2 N–H and O–H groups in total. The molecule has 0 heterocycles. The Morgan fingerprint density at radius 1 is 1.05 bits per heavy atom. The van der Waals surface area contributed by atoms with Crippen LogP contribution in [0.1, 0.15) is 42.0 Å². The summed E-state index contributed by atoms with van der Waals surface area (Å²) in [4.78, 5) is 0.882. The van der Waals surface area contributed by atoms with Crippen LogP contribution >= 0.6 is 0 Å². The van der Waals surface area contributed by atoms with Gasteiger partial charge in [-0.2, -0.15) is 0 Å². The summed E-state index contributed by atoms with van der Waals surface area (Å²) in [5.41, 5.74) is 10.1. The van der Waals surface area contributed by atoms with Crippen molar-refractivity contribution < 1.29 is 4.21 Å². The van der Waals surface area contributed by atoms with Crippen LogP contribution in [-0.2, 0) is 10.8 Å². The highest BCUT2D eigenvalue weighted by molar-refractivity contribution is 7.85. The zero-order valence-corrected chi connectivity index (χ0v) is 13.3. The van der Waals surface area contributed by atoms with Crippen molar-refractivity contribution in [2.45, 2.75) is 42.4 Å². The molecule has 2 aromatic carbocycles. The molecule has 0 saturated heterocycles. The second kappa shape index (κ2) is 5.74. The van der Waals surface area contributed by atoms with Gasteiger partial charge in [0.2, 0.25) is 0 Å². The second-order valence-electron chi connectivity index (χ2n) is 5.94. The molecule has 0 spiro atoms. The van der Waals surface area contributed by atoms with Gasteiger partial charge in [-0.15, -0.1) is 0 Å². The lowest BCUT2D eigenvalue weighted by Crippen LogP contribution is -2.36. The van der Waals surface area contributed by atoms with E-state index in [0.717, 1.165) is 16.9 Å². The molecule has 0 aliphatic heterocycles. The van der Waals surface area contributed by atoms with Gasteiger partial charge in [0, 0.05) is 10.9 Å². The van der Waals surface area contributed by atoms with Crippen molar-refractivity contribution in [3.63, 3.8) is 0 Å². The van der Waals surface area contributed by atoms with Gasteiger partial charge in [0.25, 0.3) is 0 Å². The lowest BCUT2D eigenvalue weighted by atomic mass is 9.81. The maximum absolute atomic E-state index is 12.9. The van der Waals surface area contributed by atoms with Gasteiger partial charge in [0.15, 0.2) is 0 Å². The molecule has 0 amide bonds. The number of rotatable bonds is 2. The van der Waals surface area contributed by atoms with E-state index < -0.39 is 10.8 Å². The van der Waals surface area contributed by atoms with Crippen LogP contribution in [0.25, 0.3) is 0 Å². The van der Waals surface area contributed by atoms with Crippen LogP contribution in [-0.4, -0.2) is 9.46 Å².